The highest BCUT2D eigenvalue weighted by atomic mass is 35.5. The van der Waals surface area contributed by atoms with E-state index in [4.69, 9.17) is 4.74 Å². The van der Waals surface area contributed by atoms with E-state index in [0.717, 1.165) is 49.2 Å². The molecule has 1 aliphatic heterocycles. The summed E-state index contributed by atoms with van der Waals surface area (Å²) in [6.07, 6.45) is 2.91. The van der Waals surface area contributed by atoms with Crippen LogP contribution in [0, 0.1) is 11.7 Å². The van der Waals surface area contributed by atoms with Gasteiger partial charge in [0, 0.05) is 24.7 Å². The first-order chi connectivity index (χ1) is 11.2. The van der Waals surface area contributed by atoms with Crippen LogP contribution >= 0.6 is 12.4 Å². The van der Waals surface area contributed by atoms with E-state index in [1.165, 1.54) is 12.1 Å². The third-order valence-electron chi connectivity index (χ3n) is 4.23. The maximum atomic E-state index is 13.1. The first kappa shape index (κ1) is 18.3. The van der Waals surface area contributed by atoms with Gasteiger partial charge >= 0.3 is 0 Å². The van der Waals surface area contributed by atoms with Crippen molar-refractivity contribution in [2.24, 2.45) is 5.92 Å². The fourth-order valence-electron chi connectivity index (χ4n) is 2.84. The molecular formula is C19H21ClFNO2. The van der Waals surface area contributed by atoms with Crippen molar-refractivity contribution in [3.05, 3.63) is 59.9 Å². The molecule has 1 saturated heterocycles. The topological polar surface area (TPSA) is 29.5 Å². The maximum Gasteiger partial charge on any atom is 0.123 e. The molecule has 0 spiro atoms. The van der Waals surface area contributed by atoms with Gasteiger partial charge in [-0.1, -0.05) is 12.1 Å². The van der Waals surface area contributed by atoms with Crippen molar-refractivity contribution in [3.63, 3.8) is 0 Å². The van der Waals surface area contributed by atoms with Gasteiger partial charge in [-0.3, -0.25) is 0 Å². The summed E-state index contributed by atoms with van der Waals surface area (Å²) in [7, 11) is 0. The average molecular weight is 350 g/mol. The Kier molecular flexibility index (Phi) is 6.62. The molecule has 0 aliphatic carbocycles. The van der Waals surface area contributed by atoms with Gasteiger partial charge in [-0.25, -0.2) is 4.39 Å². The molecule has 2 aromatic rings. The molecule has 128 valence electrons. The number of anilines is 1. The van der Waals surface area contributed by atoms with Gasteiger partial charge in [0.2, 0.25) is 0 Å². The van der Waals surface area contributed by atoms with Crippen LogP contribution in [0.15, 0.2) is 48.5 Å². The van der Waals surface area contributed by atoms with Gasteiger partial charge < -0.3 is 14.4 Å². The molecule has 0 unspecified atom stereocenters. The smallest absolute Gasteiger partial charge is 0.123 e. The van der Waals surface area contributed by atoms with Crippen LogP contribution in [-0.2, 0) is 11.4 Å². The number of aldehydes is 1. The van der Waals surface area contributed by atoms with Gasteiger partial charge in [-0.2, -0.15) is 0 Å². The van der Waals surface area contributed by atoms with Crippen LogP contribution in [0.1, 0.15) is 18.4 Å². The van der Waals surface area contributed by atoms with Crippen molar-refractivity contribution >= 4 is 24.4 Å². The first-order valence-electron chi connectivity index (χ1n) is 7.92. The summed E-state index contributed by atoms with van der Waals surface area (Å²) in [5, 5.41) is 0. The monoisotopic (exact) mass is 349 g/mol. The maximum absolute atomic E-state index is 13.1. The van der Waals surface area contributed by atoms with Crippen molar-refractivity contribution in [1.82, 2.24) is 0 Å². The minimum Gasteiger partial charge on any atom is -0.489 e. The number of carbonyl (C=O) groups excluding carboxylic acids is 1. The van der Waals surface area contributed by atoms with Gasteiger partial charge in [0.15, 0.2) is 0 Å². The van der Waals surface area contributed by atoms with Crippen molar-refractivity contribution in [2.75, 3.05) is 18.0 Å². The van der Waals surface area contributed by atoms with E-state index in [2.05, 4.69) is 4.90 Å². The van der Waals surface area contributed by atoms with E-state index in [-0.39, 0.29) is 24.1 Å². The second-order valence-corrected chi connectivity index (χ2v) is 5.87. The highest BCUT2D eigenvalue weighted by Gasteiger charge is 2.18. The van der Waals surface area contributed by atoms with Gasteiger partial charge in [0.05, 0.1) is 0 Å². The Hall–Kier alpha value is -2.07. The summed E-state index contributed by atoms with van der Waals surface area (Å²) in [4.78, 5) is 13.1. The highest BCUT2D eigenvalue weighted by molar-refractivity contribution is 5.85. The first-order valence-corrected chi connectivity index (χ1v) is 7.92. The Morgan fingerprint density at radius 3 is 2.46 bits per heavy atom. The zero-order valence-corrected chi connectivity index (χ0v) is 14.2. The lowest BCUT2D eigenvalue weighted by Crippen LogP contribution is -2.33. The molecule has 3 nitrogen and oxygen atoms in total. The fraction of sp³-hybridized carbons (Fsp3) is 0.316. The van der Waals surface area contributed by atoms with E-state index >= 15 is 0 Å². The lowest BCUT2D eigenvalue weighted by atomic mass is 9.98. The normalized spacial score (nSPS) is 14.8. The summed E-state index contributed by atoms with van der Waals surface area (Å²) in [6, 6.07) is 14.3. The molecule has 1 aliphatic rings. The Morgan fingerprint density at radius 1 is 1.12 bits per heavy atom. The molecule has 0 amide bonds. The van der Waals surface area contributed by atoms with E-state index < -0.39 is 0 Å². The minimum absolute atomic E-state index is 0. The van der Waals surface area contributed by atoms with E-state index in [1.54, 1.807) is 6.07 Å². The van der Waals surface area contributed by atoms with Gasteiger partial charge in [0.1, 0.15) is 24.5 Å². The second kappa shape index (κ2) is 8.69. The standard InChI is InChI=1S/C19H20FNO2.ClH/c20-17-3-1-2-16(12-17)14-23-19-6-4-18(5-7-19)21-10-8-15(13-22)9-11-21;/h1-7,12-13,15H,8-11,14H2;1H. The molecule has 0 bridgehead atoms. The van der Waals surface area contributed by atoms with Crippen LogP contribution in [0.4, 0.5) is 10.1 Å². The number of hydrogen-bond acceptors (Lipinski definition) is 3. The Morgan fingerprint density at radius 2 is 1.83 bits per heavy atom. The minimum atomic E-state index is -0.250. The van der Waals surface area contributed by atoms with Crippen molar-refractivity contribution < 1.29 is 13.9 Å². The molecule has 0 atom stereocenters. The Balaban J connectivity index is 0.00000208. The SMILES string of the molecule is Cl.O=CC1CCN(c2ccc(OCc3cccc(F)c3)cc2)CC1. The van der Waals surface area contributed by atoms with Crippen LogP contribution < -0.4 is 9.64 Å². The molecule has 0 saturated carbocycles. The molecular weight excluding hydrogens is 329 g/mol. The number of nitrogens with zero attached hydrogens (tertiary/aromatic N) is 1. The van der Waals surface area contributed by atoms with E-state index in [0.29, 0.717) is 6.61 Å². The highest BCUT2D eigenvalue weighted by Crippen LogP contribution is 2.24. The van der Waals surface area contributed by atoms with Crippen LogP contribution in [0.3, 0.4) is 0 Å². The Labute approximate surface area is 147 Å². The molecule has 24 heavy (non-hydrogen) atoms. The molecule has 1 heterocycles. The van der Waals surface area contributed by atoms with Crippen LogP contribution in [0.25, 0.3) is 0 Å². The van der Waals surface area contributed by atoms with Gasteiger partial charge in [-0.15, -0.1) is 12.4 Å². The summed E-state index contributed by atoms with van der Waals surface area (Å²) in [5.41, 5.74) is 1.96. The fourth-order valence-corrected chi connectivity index (χ4v) is 2.84. The second-order valence-electron chi connectivity index (χ2n) is 5.87. The average Bonchev–Trinajstić information content (AvgIpc) is 2.61. The number of rotatable bonds is 5. The zero-order chi connectivity index (χ0) is 16.1. The largest absolute Gasteiger partial charge is 0.489 e. The third-order valence-corrected chi connectivity index (χ3v) is 4.23. The molecule has 3 rings (SSSR count). The summed E-state index contributed by atoms with van der Waals surface area (Å²) < 4.78 is 18.8. The molecule has 2 aromatic carbocycles. The van der Waals surface area contributed by atoms with Crippen molar-refractivity contribution in [3.8, 4) is 5.75 Å². The Bertz CT molecular complexity index is 655. The third kappa shape index (κ3) is 4.71. The number of benzene rings is 2. The van der Waals surface area contributed by atoms with Crippen LogP contribution in [-0.4, -0.2) is 19.4 Å². The van der Waals surface area contributed by atoms with Crippen molar-refractivity contribution in [2.45, 2.75) is 19.4 Å². The number of hydrogen-bond donors (Lipinski definition) is 0. The van der Waals surface area contributed by atoms with Crippen LogP contribution in [0.5, 0.6) is 5.75 Å². The lowest BCUT2D eigenvalue weighted by Gasteiger charge is -2.31. The lowest BCUT2D eigenvalue weighted by molar-refractivity contribution is -0.111. The van der Waals surface area contributed by atoms with Gasteiger partial charge in [-0.05, 0) is 54.8 Å². The summed E-state index contributed by atoms with van der Waals surface area (Å²) in [6.45, 7) is 2.17. The predicted molar refractivity (Wildman–Crippen MR) is 95.4 cm³/mol. The predicted octanol–water partition coefficient (Wildman–Crippen LogP) is 4.24. The molecule has 0 N–H and O–H groups in total. The van der Waals surface area contributed by atoms with Crippen LogP contribution in [0.2, 0.25) is 0 Å². The number of halogens is 2. The van der Waals surface area contributed by atoms with E-state index in [9.17, 15) is 9.18 Å². The molecule has 1 fully saturated rings. The van der Waals surface area contributed by atoms with Gasteiger partial charge in [0.25, 0.3) is 0 Å². The van der Waals surface area contributed by atoms with E-state index in [1.807, 2.05) is 30.3 Å². The van der Waals surface area contributed by atoms with Crippen molar-refractivity contribution in [1.29, 1.82) is 0 Å². The quantitative estimate of drug-likeness (QED) is 0.756. The number of ether oxygens (including phenoxy) is 1. The zero-order valence-electron chi connectivity index (χ0n) is 13.4. The molecule has 5 heteroatoms. The summed E-state index contributed by atoms with van der Waals surface area (Å²) in [5.74, 6) is 0.723. The number of piperidine rings is 1. The molecule has 0 radical (unpaired) electrons. The molecule has 0 aromatic heterocycles. The summed E-state index contributed by atoms with van der Waals surface area (Å²) >= 11 is 0. The number of carbonyl (C=O) groups is 1.